The van der Waals surface area contributed by atoms with Crippen LogP contribution in [0.15, 0.2) is 36.4 Å². The van der Waals surface area contributed by atoms with E-state index in [2.05, 4.69) is 51.0 Å². The highest BCUT2D eigenvalue weighted by Crippen LogP contribution is 2.38. The third kappa shape index (κ3) is 7.25. The number of benzene rings is 2. The fourth-order valence-corrected chi connectivity index (χ4v) is 5.28. The lowest BCUT2D eigenvalue weighted by molar-refractivity contribution is 0.0925. The highest BCUT2D eigenvalue weighted by molar-refractivity contribution is 5.92. The predicted octanol–water partition coefficient (Wildman–Crippen LogP) is 3.68. The smallest absolute Gasteiger partial charge is 0.289 e. The maximum Gasteiger partial charge on any atom is 0.289 e. The number of likely N-dealkylation sites (N-methyl/N-ethyl adjacent to an activating group) is 1. The van der Waals surface area contributed by atoms with Crippen molar-refractivity contribution in [3.63, 3.8) is 0 Å². The van der Waals surface area contributed by atoms with Gasteiger partial charge in [0.1, 0.15) is 11.5 Å². The maximum atomic E-state index is 13.5. The Morgan fingerprint density at radius 1 is 0.951 bits per heavy atom. The van der Waals surface area contributed by atoms with Crippen molar-refractivity contribution in [1.82, 2.24) is 34.8 Å². The summed E-state index contributed by atoms with van der Waals surface area (Å²) in [6.07, 6.45) is 0. The molecule has 0 saturated carbocycles. The molecular weight excluding hydrogens is 518 g/mol. The van der Waals surface area contributed by atoms with Gasteiger partial charge in [-0.3, -0.25) is 19.2 Å². The number of carbonyl (C=O) groups is 1. The van der Waals surface area contributed by atoms with Crippen molar-refractivity contribution >= 4 is 5.91 Å². The summed E-state index contributed by atoms with van der Waals surface area (Å²) in [5.74, 6) is 0.0628. The summed E-state index contributed by atoms with van der Waals surface area (Å²) in [5, 5.41) is 32.9. The standard InChI is InChI=1S/C31H45N7O3/c1-6-35(7-2)21-23-9-11-24(12-10-23)38-29(26-19-25(22(4)5)27(39)20-28(26)40)33-34-30(38)31(41)32-13-14-37-17-15-36(8-3)16-18-37/h9-12,19-20,22,39-40H,6-8,13-18,21H2,1-5H3,(H,32,41). The number of nitrogens with zero attached hydrogens (tertiary/aromatic N) is 6. The third-order valence-corrected chi connectivity index (χ3v) is 7.99. The number of aromatic hydroxyl groups is 2. The molecule has 41 heavy (non-hydrogen) atoms. The second kappa shape index (κ2) is 13.9. The molecular formula is C31H45N7O3. The molecule has 0 aliphatic carbocycles. The first kappa shape index (κ1) is 30.5. The number of hydrogen-bond donors (Lipinski definition) is 3. The second-order valence-electron chi connectivity index (χ2n) is 10.9. The first-order chi connectivity index (χ1) is 19.7. The van der Waals surface area contributed by atoms with E-state index in [0.29, 0.717) is 29.2 Å². The zero-order chi connectivity index (χ0) is 29.5. The highest BCUT2D eigenvalue weighted by atomic mass is 16.3. The van der Waals surface area contributed by atoms with Crippen LogP contribution >= 0.6 is 0 Å². The Morgan fingerprint density at radius 3 is 2.22 bits per heavy atom. The van der Waals surface area contributed by atoms with E-state index < -0.39 is 0 Å². The molecule has 10 heteroatoms. The fourth-order valence-electron chi connectivity index (χ4n) is 5.28. The lowest BCUT2D eigenvalue weighted by Gasteiger charge is -2.33. The van der Waals surface area contributed by atoms with E-state index >= 15 is 0 Å². The Kier molecular flexibility index (Phi) is 10.4. The summed E-state index contributed by atoms with van der Waals surface area (Å²) in [6, 6.07) is 11.1. The molecule has 0 atom stereocenters. The number of phenols is 2. The van der Waals surface area contributed by atoms with Gasteiger partial charge >= 0.3 is 0 Å². The van der Waals surface area contributed by atoms with Crippen molar-refractivity contribution in [1.29, 1.82) is 0 Å². The normalized spacial score (nSPS) is 14.7. The first-order valence-corrected chi connectivity index (χ1v) is 14.8. The van der Waals surface area contributed by atoms with Gasteiger partial charge in [0.05, 0.1) is 5.56 Å². The zero-order valence-corrected chi connectivity index (χ0v) is 25.1. The fraction of sp³-hybridized carbons (Fsp3) is 0.516. The SMILES string of the molecule is CCN1CCN(CCNC(=O)c2nnc(-c3cc(C(C)C)c(O)cc3O)n2-c2ccc(CN(CC)CC)cc2)CC1. The lowest BCUT2D eigenvalue weighted by Crippen LogP contribution is -2.48. The zero-order valence-electron chi connectivity index (χ0n) is 25.1. The predicted molar refractivity (Wildman–Crippen MR) is 162 cm³/mol. The van der Waals surface area contributed by atoms with E-state index in [1.54, 1.807) is 10.6 Å². The van der Waals surface area contributed by atoms with E-state index in [1.165, 1.54) is 6.07 Å². The molecule has 3 N–H and O–H groups in total. The first-order valence-electron chi connectivity index (χ1n) is 14.8. The molecule has 1 amide bonds. The average molecular weight is 564 g/mol. The molecule has 0 spiro atoms. The minimum atomic E-state index is -0.328. The van der Waals surface area contributed by atoms with E-state index in [9.17, 15) is 15.0 Å². The summed E-state index contributed by atoms with van der Waals surface area (Å²) in [5.41, 5.74) is 2.96. The quantitative estimate of drug-likeness (QED) is 0.306. The molecule has 1 aliphatic rings. The number of piperazine rings is 1. The maximum absolute atomic E-state index is 13.5. The van der Waals surface area contributed by atoms with Crippen LogP contribution < -0.4 is 5.32 Å². The largest absolute Gasteiger partial charge is 0.508 e. The number of hydrogen-bond acceptors (Lipinski definition) is 8. The van der Waals surface area contributed by atoms with Gasteiger partial charge in [-0.15, -0.1) is 10.2 Å². The van der Waals surface area contributed by atoms with Crippen LogP contribution in [0.25, 0.3) is 17.1 Å². The molecule has 0 radical (unpaired) electrons. The van der Waals surface area contributed by atoms with Gasteiger partial charge in [0, 0.05) is 57.6 Å². The summed E-state index contributed by atoms with van der Waals surface area (Å²) in [7, 11) is 0. The molecule has 1 aromatic heterocycles. The molecule has 1 fully saturated rings. The van der Waals surface area contributed by atoms with Crippen molar-refractivity contribution in [3.8, 4) is 28.6 Å². The molecule has 4 rings (SSSR count). The highest BCUT2D eigenvalue weighted by Gasteiger charge is 2.25. The van der Waals surface area contributed by atoms with Crippen LogP contribution in [0, 0.1) is 0 Å². The molecule has 2 aromatic carbocycles. The van der Waals surface area contributed by atoms with Crippen LogP contribution in [-0.4, -0.2) is 104 Å². The average Bonchev–Trinajstić information content (AvgIpc) is 3.41. The number of phenolic OH excluding ortho intramolecular Hbond substituents is 2. The van der Waals surface area contributed by atoms with Gasteiger partial charge in [-0.1, -0.05) is 46.8 Å². The third-order valence-electron chi connectivity index (χ3n) is 7.99. The Labute approximate surface area is 243 Å². The Hall–Kier alpha value is -3.47. The van der Waals surface area contributed by atoms with E-state index in [1.807, 2.05) is 38.1 Å². The lowest BCUT2D eigenvalue weighted by atomic mass is 9.98. The van der Waals surface area contributed by atoms with E-state index in [4.69, 9.17) is 0 Å². The van der Waals surface area contributed by atoms with Gasteiger partial charge in [-0.25, -0.2) is 0 Å². The summed E-state index contributed by atoms with van der Waals surface area (Å²) >= 11 is 0. The van der Waals surface area contributed by atoms with Crippen LogP contribution in [-0.2, 0) is 6.54 Å². The molecule has 0 unspecified atom stereocenters. The molecule has 1 aliphatic heterocycles. The van der Waals surface area contributed by atoms with Crippen molar-refractivity contribution in [3.05, 3.63) is 53.3 Å². The van der Waals surface area contributed by atoms with Gasteiger partial charge in [0.25, 0.3) is 5.91 Å². The van der Waals surface area contributed by atoms with Gasteiger partial charge in [-0.05, 0) is 54.9 Å². The second-order valence-corrected chi connectivity index (χ2v) is 10.9. The van der Waals surface area contributed by atoms with Crippen LogP contribution in [0.2, 0.25) is 0 Å². The van der Waals surface area contributed by atoms with E-state index in [-0.39, 0.29) is 29.1 Å². The van der Waals surface area contributed by atoms with Gasteiger partial charge in [0.2, 0.25) is 5.82 Å². The van der Waals surface area contributed by atoms with Crippen LogP contribution in [0.3, 0.4) is 0 Å². The Bertz CT molecular complexity index is 1290. The minimum absolute atomic E-state index is 0.0193. The van der Waals surface area contributed by atoms with E-state index in [0.717, 1.165) is 64.5 Å². The van der Waals surface area contributed by atoms with Crippen molar-refractivity contribution < 1.29 is 15.0 Å². The molecule has 3 aromatic rings. The number of amides is 1. The number of rotatable bonds is 12. The molecule has 0 bridgehead atoms. The topological polar surface area (TPSA) is 110 Å². The summed E-state index contributed by atoms with van der Waals surface area (Å²) in [4.78, 5) is 20.6. The Morgan fingerprint density at radius 2 is 1.61 bits per heavy atom. The summed E-state index contributed by atoms with van der Waals surface area (Å²) in [6.45, 7) is 19.6. The minimum Gasteiger partial charge on any atom is -0.508 e. The molecule has 222 valence electrons. The number of carbonyl (C=O) groups excluding carboxylic acids is 1. The number of aromatic nitrogens is 3. The Balaban J connectivity index is 1.63. The van der Waals surface area contributed by atoms with Crippen molar-refractivity contribution in [2.45, 2.75) is 47.1 Å². The molecule has 1 saturated heterocycles. The van der Waals surface area contributed by atoms with Crippen molar-refractivity contribution in [2.24, 2.45) is 0 Å². The number of nitrogens with one attached hydrogen (secondary N) is 1. The van der Waals surface area contributed by atoms with Crippen molar-refractivity contribution in [2.75, 3.05) is 58.9 Å². The van der Waals surface area contributed by atoms with Gasteiger partial charge in [0.15, 0.2) is 5.82 Å². The van der Waals surface area contributed by atoms with Crippen LogP contribution in [0.1, 0.15) is 62.3 Å². The van der Waals surface area contributed by atoms with Crippen LogP contribution in [0.5, 0.6) is 11.5 Å². The molecule has 2 heterocycles. The summed E-state index contributed by atoms with van der Waals surface area (Å²) < 4.78 is 1.69. The van der Waals surface area contributed by atoms with Gasteiger partial charge < -0.3 is 20.4 Å². The molecule has 10 nitrogen and oxygen atoms in total. The van der Waals surface area contributed by atoms with Gasteiger partial charge in [-0.2, -0.15) is 0 Å². The van der Waals surface area contributed by atoms with Crippen LogP contribution in [0.4, 0.5) is 0 Å². The monoisotopic (exact) mass is 563 g/mol.